The molecule has 0 saturated heterocycles. The minimum atomic E-state index is -0.326. The van der Waals surface area contributed by atoms with Crippen molar-refractivity contribution in [3.63, 3.8) is 0 Å². The molecule has 0 saturated carbocycles. The highest BCUT2D eigenvalue weighted by atomic mass is 16.7. The van der Waals surface area contributed by atoms with Crippen LogP contribution in [0.1, 0.15) is 5.56 Å². The third-order valence-electron chi connectivity index (χ3n) is 4.94. The first-order valence-electron chi connectivity index (χ1n) is 10.1. The average molecular weight is 432 g/mol. The maximum atomic E-state index is 12.5. The number of anilines is 1. The standard InChI is InChI=1S/C23H20N4O5/c28-10-9-15-5-7-20(19(11-15)27-25-17-3-1-2-4-18(17)26-27)30-13-23(29)24-16-6-8-21-22(12-16)32-14-31-21/h1-8,11-12,28H,9-10,13-14H2,(H,24,29). The van der Waals surface area contributed by atoms with Crippen molar-refractivity contribution in [3.05, 3.63) is 66.2 Å². The van der Waals surface area contributed by atoms with Gasteiger partial charge in [0.2, 0.25) is 6.79 Å². The van der Waals surface area contributed by atoms with Crippen molar-refractivity contribution in [1.82, 2.24) is 15.0 Å². The summed E-state index contributed by atoms with van der Waals surface area (Å²) in [5, 5.41) is 21.1. The maximum Gasteiger partial charge on any atom is 0.262 e. The summed E-state index contributed by atoms with van der Waals surface area (Å²) >= 11 is 0. The smallest absolute Gasteiger partial charge is 0.262 e. The molecule has 0 fully saturated rings. The van der Waals surface area contributed by atoms with E-state index in [0.717, 1.165) is 16.6 Å². The van der Waals surface area contributed by atoms with E-state index in [-0.39, 0.29) is 25.9 Å². The fourth-order valence-corrected chi connectivity index (χ4v) is 3.41. The minimum Gasteiger partial charge on any atom is -0.481 e. The van der Waals surface area contributed by atoms with Gasteiger partial charge in [-0.15, -0.1) is 15.0 Å². The number of rotatable bonds is 7. The van der Waals surface area contributed by atoms with E-state index in [9.17, 15) is 9.90 Å². The number of amides is 1. The molecule has 0 unspecified atom stereocenters. The van der Waals surface area contributed by atoms with Crippen LogP contribution in [0, 0.1) is 0 Å². The van der Waals surface area contributed by atoms with Gasteiger partial charge in [0, 0.05) is 18.4 Å². The van der Waals surface area contributed by atoms with Gasteiger partial charge in [0.05, 0.1) is 0 Å². The summed E-state index contributed by atoms with van der Waals surface area (Å²) in [5.41, 5.74) is 3.56. The van der Waals surface area contributed by atoms with Gasteiger partial charge in [-0.25, -0.2) is 0 Å². The highest BCUT2D eigenvalue weighted by molar-refractivity contribution is 5.92. The van der Waals surface area contributed by atoms with Gasteiger partial charge in [-0.05, 0) is 48.4 Å². The molecule has 2 N–H and O–H groups in total. The number of aliphatic hydroxyl groups is 1. The van der Waals surface area contributed by atoms with Crippen LogP contribution in [-0.4, -0.2) is 46.0 Å². The van der Waals surface area contributed by atoms with Crippen molar-refractivity contribution in [3.8, 4) is 22.9 Å². The summed E-state index contributed by atoms with van der Waals surface area (Å²) in [5.74, 6) is 1.36. The molecule has 0 aliphatic carbocycles. The van der Waals surface area contributed by atoms with Crippen molar-refractivity contribution >= 4 is 22.6 Å². The Morgan fingerprint density at radius 2 is 1.81 bits per heavy atom. The van der Waals surface area contributed by atoms with Crippen LogP contribution in [0.15, 0.2) is 60.7 Å². The lowest BCUT2D eigenvalue weighted by Gasteiger charge is -2.12. The number of fused-ring (bicyclic) bond motifs is 2. The molecule has 32 heavy (non-hydrogen) atoms. The summed E-state index contributed by atoms with van der Waals surface area (Å²) in [4.78, 5) is 13.9. The average Bonchev–Trinajstić information content (AvgIpc) is 3.45. The van der Waals surface area contributed by atoms with Crippen LogP contribution in [0.4, 0.5) is 5.69 Å². The van der Waals surface area contributed by atoms with Crippen LogP contribution >= 0.6 is 0 Å². The first-order valence-corrected chi connectivity index (χ1v) is 10.1. The Labute approximate surface area is 183 Å². The van der Waals surface area contributed by atoms with Crippen molar-refractivity contribution < 1.29 is 24.1 Å². The van der Waals surface area contributed by atoms with E-state index in [1.54, 1.807) is 24.3 Å². The predicted octanol–water partition coefficient (Wildman–Crippen LogP) is 2.70. The molecule has 0 bridgehead atoms. The Morgan fingerprint density at radius 3 is 2.59 bits per heavy atom. The van der Waals surface area contributed by atoms with Crippen molar-refractivity contribution in [2.45, 2.75) is 6.42 Å². The zero-order chi connectivity index (χ0) is 21.9. The fourth-order valence-electron chi connectivity index (χ4n) is 3.41. The Balaban J connectivity index is 1.35. The zero-order valence-corrected chi connectivity index (χ0v) is 17.0. The number of ether oxygens (including phenoxy) is 3. The molecule has 1 aromatic heterocycles. The van der Waals surface area contributed by atoms with E-state index in [1.165, 1.54) is 4.80 Å². The number of hydrogen-bond donors (Lipinski definition) is 2. The molecular weight excluding hydrogens is 412 g/mol. The summed E-state index contributed by atoms with van der Waals surface area (Å²) in [6.07, 6.45) is 0.485. The van der Waals surface area contributed by atoms with Gasteiger partial charge >= 0.3 is 0 Å². The molecular formula is C23H20N4O5. The number of benzene rings is 3. The second-order valence-electron chi connectivity index (χ2n) is 7.16. The molecule has 1 aliphatic rings. The monoisotopic (exact) mass is 432 g/mol. The lowest BCUT2D eigenvalue weighted by Crippen LogP contribution is -2.20. The van der Waals surface area contributed by atoms with Gasteiger partial charge < -0.3 is 24.6 Å². The third kappa shape index (κ3) is 4.06. The lowest BCUT2D eigenvalue weighted by atomic mass is 10.1. The number of carbonyl (C=O) groups excluding carboxylic acids is 1. The fraction of sp³-hybridized carbons (Fsp3) is 0.174. The molecule has 9 heteroatoms. The van der Waals surface area contributed by atoms with Gasteiger partial charge in [-0.2, -0.15) is 0 Å². The van der Waals surface area contributed by atoms with E-state index >= 15 is 0 Å². The second-order valence-corrected chi connectivity index (χ2v) is 7.16. The van der Waals surface area contributed by atoms with Crippen LogP contribution in [0.3, 0.4) is 0 Å². The van der Waals surface area contributed by atoms with E-state index < -0.39 is 0 Å². The van der Waals surface area contributed by atoms with Crippen molar-refractivity contribution in [2.75, 3.05) is 25.3 Å². The molecule has 1 amide bonds. The highest BCUT2D eigenvalue weighted by Gasteiger charge is 2.16. The quantitative estimate of drug-likeness (QED) is 0.462. The molecule has 5 rings (SSSR count). The number of nitrogens with zero attached hydrogens (tertiary/aromatic N) is 3. The molecule has 2 heterocycles. The van der Waals surface area contributed by atoms with Gasteiger partial charge in [-0.1, -0.05) is 18.2 Å². The van der Waals surface area contributed by atoms with Gasteiger partial charge in [0.15, 0.2) is 18.1 Å². The van der Waals surface area contributed by atoms with Crippen molar-refractivity contribution in [2.24, 2.45) is 0 Å². The molecule has 0 spiro atoms. The van der Waals surface area contributed by atoms with Gasteiger partial charge in [-0.3, -0.25) is 4.79 Å². The summed E-state index contributed by atoms with van der Waals surface area (Å²) in [6, 6.07) is 18.1. The zero-order valence-electron chi connectivity index (χ0n) is 17.0. The first kappa shape index (κ1) is 19.8. The van der Waals surface area contributed by atoms with Crippen LogP contribution in [0.25, 0.3) is 16.7 Å². The number of hydrogen-bond acceptors (Lipinski definition) is 7. The molecule has 0 radical (unpaired) electrons. The number of carbonyl (C=O) groups is 1. The molecule has 0 atom stereocenters. The van der Waals surface area contributed by atoms with Crippen molar-refractivity contribution in [1.29, 1.82) is 0 Å². The van der Waals surface area contributed by atoms with E-state index in [2.05, 4.69) is 15.5 Å². The molecule has 4 aromatic rings. The predicted molar refractivity (Wildman–Crippen MR) is 116 cm³/mol. The van der Waals surface area contributed by atoms with Crippen LogP contribution in [0.5, 0.6) is 17.2 Å². The van der Waals surface area contributed by atoms with E-state index in [0.29, 0.717) is 35.0 Å². The van der Waals surface area contributed by atoms with Crippen LogP contribution in [0.2, 0.25) is 0 Å². The van der Waals surface area contributed by atoms with Crippen LogP contribution in [-0.2, 0) is 11.2 Å². The minimum absolute atomic E-state index is 0.0199. The normalized spacial score (nSPS) is 12.2. The Bertz CT molecular complexity index is 1250. The van der Waals surface area contributed by atoms with Gasteiger partial charge in [0.1, 0.15) is 22.5 Å². The summed E-state index contributed by atoms with van der Waals surface area (Å²) in [7, 11) is 0. The SMILES string of the molecule is O=C(COc1ccc(CCO)cc1-n1nc2ccccc2n1)Nc1ccc2c(c1)OCO2. The maximum absolute atomic E-state index is 12.5. The van der Waals surface area contributed by atoms with E-state index in [4.69, 9.17) is 14.2 Å². The molecule has 162 valence electrons. The van der Waals surface area contributed by atoms with E-state index in [1.807, 2.05) is 36.4 Å². The molecule has 9 nitrogen and oxygen atoms in total. The Hall–Kier alpha value is -4.11. The third-order valence-corrected chi connectivity index (χ3v) is 4.94. The lowest BCUT2D eigenvalue weighted by molar-refractivity contribution is -0.118. The number of aliphatic hydroxyl groups excluding tert-OH is 1. The summed E-state index contributed by atoms with van der Waals surface area (Å²) < 4.78 is 16.4. The summed E-state index contributed by atoms with van der Waals surface area (Å²) in [6.45, 7) is -0.0188. The first-order chi connectivity index (χ1) is 15.7. The molecule has 3 aromatic carbocycles. The second kappa shape index (κ2) is 8.56. The topological polar surface area (TPSA) is 108 Å². The number of aromatic nitrogens is 3. The van der Waals surface area contributed by atoms with Crippen LogP contribution < -0.4 is 19.5 Å². The number of nitrogens with one attached hydrogen (secondary N) is 1. The Morgan fingerprint density at radius 1 is 1.03 bits per heavy atom. The Kier molecular flexibility index (Phi) is 5.30. The largest absolute Gasteiger partial charge is 0.481 e. The highest BCUT2D eigenvalue weighted by Crippen LogP contribution is 2.34. The van der Waals surface area contributed by atoms with Gasteiger partial charge in [0.25, 0.3) is 5.91 Å². The molecule has 1 aliphatic heterocycles.